The van der Waals surface area contributed by atoms with E-state index in [0.717, 1.165) is 10.0 Å². The Morgan fingerprint density at radius 1 is 1.11 bits per heavy atom. The Labute approximate surface area is 216 Å². The van der Waals surface area contributed by atoms with Crippen LogP contribution in [0.1, 0.15) is 33.8 Å². The molecule has 0 saturated heterocycles. The summed E-state index contributed by atoms with van der Waals surface area (Å²) < 4.78 is 20.1. The number of rotatable bonds is 8. The summed E-state index contributed by atoms with van der Waals surface area (Å²) in [4.78, 5) is 30.0. The van der Waals surface area contributed by atoms with Crippen molar-refractivity contribution in [1.82, 2.24) is 10.3 Å². The molecule has 0 fully saturated rings. The smallest absolute Gasteiger partial charge is 0.304 e. The zero-order chi connectivity index (χ0) is 25.8. The Morgan fingerprint density at radius 2 is 1.86 bits per heavy atom. The van der Waals surface area contributed by atoms with Crippen molar-refractivity contribution in [2.75, 3.05) is 13.7 Å². The molecule has 0 spiro atoms. The van der Waals surface area contributed by atoms with Gasteiger partial charge in [0.2, 0.25) is 0 Å². The molecule has 4 rings (SSSR count). The van der Waals surface area contributed by atoms with Crippen LogP contribution in [-0.2, 0) is 4.79 Å². The second-order valence-corrected chi connectivity index (χ2v) is 9.29. The van der Waals surface area contributed by atoms with E-state index >= 15 is 0 Å². The number of aromatic nitrogens is 1. The van der Waals surface area contributed by atoms with Gasteiger partial charge in [-0.05, 0) is 48.9 Å². The molecule has 0 bridgehead atoms. The predicted molar refractivity (Wildman–Crippen MR) is 140 cm³/mol. The van der Waals surface area contributed by atoms with Gasteiger partial charge in [0, 0.05) is 33.4 Å². The summed E-state index contributed by atoms with van der Waals surface area (Å²) in [6.45, 7) is 1.82. The Bertz CT molecular complexity index is 1440. The van der Waals surface area contributed by atoms with E-state index in [0.29, 0.717) is 39.0 Å². The van der Waals surface area contributed by atoms with Crippen molar-refractivity contribution >= 4 is 38.7 Å². The number of nitrogens with one attached hydrogen (secondary N) is 1. The van der Waals surface area contributed by atoms with E-state index in [2.05, 4.69) is 21.2 Å². The first-order valence-corrected chi connectivity index (χ1v) is 12.1. The fraction of sp³-hybridized carbons (Fsp3) is 0.179. The van der Waals surface area contributed by atoms with E-state index in [1.807, 2.05) is 55.5 Å². The summed E-state index contributed by atoms with van der Waals surface area (Å²) >= 11 is 3.47. The second-order valence-electron chi connectivity index (χ2n) is 8.38. The predicted octanol–water partition coefficient (Wildman–Crippen LogP) is 6.11. The molecule has 0 saturated carbocycles. The van der Waals surface area contributed by atoms with Gasteiger partial charge in [0.15, 0.2) is 0 Å². The van der Waals surface area contributed by atoms with Crippen molar-refractivity contribution < 1.29 is 23.8 Å². The maximum Gasteiger partial charge on any atom is 0.304 e. The van der Waals surface area contributed by atoms with E-state index in [1.54, 1.807) is 0 Å². The number of carbonyl (C=O) groups excluding carboxylic acids is 1. The van der Waals surface area contributed by atoms with E-state index < -0.39 is 17.7 Å². The molecule has 1 amide bonds. The molecule has 0 radical (unpaired) electrons. The number of benzene rings is 3. The van der Waals surface area contributed by atoms with E-state index in [-0.39, 0.29) is 18.9 Å². The molecule has 1 heterocycles. The third-order valence-corrected chi connectivity index (χ3v) is 6.52. The summed E-state index contributed by atoms with van der Waals surface area (Å²) in [5.74, 6) is -2.30. The van der Waals surface area contributed by atoms with Gasteiger partial charge in [0.1, 0.15) is 11.6 Å². The number of fused-ring (bicyclic) bond motifs is 1. The highest BCUT2D eigenvalue weighted by Gasteiger charge is 2.24. The fourth-order valence-corrected chi connectivity index (χ4v) is 4.69. The molecule has 1 aromatic heterocycles. The Morgan fingerprint density at radius 3 is 2.56 bits per heavy atom. The first-order valence-electron chi connectivity index (χ1n) is 11.3. The minimum Gasteiger partial charge on any atom is -0.496 e. The zero-order valence-corrected chi connectivity index (χ0v) is 21.3. The molecule has 6 nitrogen and oxygen atoms in total. The van der Waals surface area contributed by atoms with Gasteiger partial charge in [-0.2, -0.15) is 0 Å². The quantitative estimate of drug-likeness (QED) is 0.276. The third-order valence-electron chi connectivity index (χ3n) is 6.03. The number of halogens is 2. The van der Waals surface area contributed by atoms with Gasteiger partial charge in [-0.3, -0.25) is 9.59 Å². The molecule has 0 aliphatic carbocycles. The van der Waals surface area contributed by atoms with E-state index in [1.165, 1.54) is 25.3 Å². The lowest BCUT2D eigenvalue weighted by atomic mass is 9.93. The molecule has 4 aromatic rings. The Kier molecular flexibility index (Phi) is 7.64. The molecule has 0 aliphatic heterocycles. The average molecular weight is 551 g/mol. The molecule has 2 N–H and O–H groups in total. The van der Waals surface area contributed by atoms with Crippen molar-refractivity contribution in [1.29, 1.82) is 0 Å². The first kappa shape index (κ1) is 25.3. The number of hydrogen-bond donors (Lipinski definition) is 2. The fourth-order valence-electron chi connectivity index (χ4n) is 4.33. The molecular weight excluding hydrogens is 527 g/mol. The summed E-state index contributed by atoms with van der Waals surface area (Å²) in [6.07, 6.45) is -0.309. The van der Waals surface area contributed by atoms with Crippen LogP contribution in [0.25, 0.3) is 22.2 Å². The van der Waals surface area contributed by atoms with Crippen LogP contribution >= 0.6 is 15.9 Å². The van der Waals surface area contributed by atoms with Gasteiger partial charge in [0.05, 0.1) is 30.3 Å². The lowest BCUT2D eigenvalue weighted by Gasteiger charge is -2.20. The van der Waals surface area contributed by atoms with Gasteiger partial charge in [-0.15, -0.1) is 0 Å². The highest BCUT2D eigenvalue weighted by atomic mass is 79.9. The van der Waals surface area contributed by atoms with Gasteiger partial charge in [-0.25, -0.2) is 9.37 Å². The SMILES string of the molecule is COc1ccc(F)cc1C(CNC(=O)c1c(C)c(-c2ccccc2)nc2ccc(Br)cc12)CC(=O)O. The van der Waals surface area contributed by atoms with Crippen LogP contribution in [0.15, 0.2) is 71.2 Å². The Hall–Kier alpha value is -3.78. The van der Waals surface area contributed by atoms with Crippen LogP contribution < -0.4 is 10.1 Å². The summed E-state index contributed by atoms with van der Waals surface area (Å²) in [5.41, 5.74) is 3.74. The number of methoxy groups -OCH3 is 1. The molecule has 1 atom stereocenters. The largest absolute Gasteiger partial charge is 0.496 e. The van der Waals surface area contributed by atoms with Crippen LogP contribution in [0, 0.1) is 12.7 Å². The van der Waals surface area contributed by atoms with Crippen LogP contribution in [0.3, 0.4) is 0 Å². The first-order chi connectivity index (χ1) is 17.3. The maximum absolute atomic E-state index is 14.0. The van der Waals surface area contributed by atoms with Gasteiger partial charge < -0.3 is 15.2 Å². The minimum atomic E-state index is -1.07. The number of pyridine rings is 1. The highest BCUT2D eigenvalue weighted by molar-refractivity contribution is 9.10. The average Bonchev–Trinajstić information content (AvgIpc) is 2.86. The zero-order valence-electron chi connectivity index (χ0n) is 19.7. The number of carboxylic acid groups (broad SMARTS) is 1. The summed E-state index contributed by atoms with van der Waals surface area (Å²) in [7, 11) is 1.43. The lowest BCUT2D eigenvalue weighted by molar-refractivity contribution is -0.137. The maximum atomic E-state index is 14.0. The van der Waals surface area contributed by atoms with Crippen molar-refractivity contribution in [3.05, 3.63) is 93.7 Å². The molecule has 36 heavy (non-hydrogen) atoms. The minimum absolute atomic E-state index is 0.0249. The Balaban J connectivity index is 1.74. The second kappa shape index (κ2) is 10.9. The number of nitrogens with zero attached hydrogens (tertiary/aromatic N) is 1. The van der Waals surface area contributed by atoms with Crippen LogP contribution in [0.4, 0.5) is 4.39 Å². The molecular formula is C28H24BrFN2O4. The van der Waals surface area contributed by atoms with Crippen molar-refractivity contribution in [2.45, 2.75) is 19.3 Å². The van der Waals surface area contributed by atoms with Gasteiger partial charge >= 0.3 is 5.97 Å². The van der Waals surface area contributed by atoms with Crippen LogP contribution in [0.2, 0.25) is 0 Å². The monoisotopic (exact) mass is 550 g/mol. The summed E-state index contributed by atoms with van der Waals surface area (Å²) in [6, 6.07) is 19.1. The van der Waals surface area contributed by atoms with Crippen molar-refractivity contribution in [3.8, 4) is 17.0 Å². The molecule has 8 heteroatoms. The molecule has 1 unspecified atom stereocenters. The van der Waals surface area contributed by atoms with Gasteiger partial charge in [-0.1, -0.05) is 46.3 Å². The van der Waals surface area contributed by atoms with E-state index in [9.17, 15) is 19.1 Å². The molecule has 184 valence electrons. The number of amides is 1. The number of aliphatic carboxylic acids is 1. The standard InChI is InChI=1S/C28H24BrFN2O4/c1-16-26(22-13-19(29)8-10-23(22)32-27(16)17-6-4-3-5-7-17)28(35)31-15-18(12-25(33)34)21-14-20(30)9-11-24(21)36-2/h3-11,13-14,18H,12,15H2,1-2H3,(H,31,35)(H,33,34). The normalized spacial score (nSPS) is 11.8. The topological polar surface area (TPSA) is 88.5 Å². The van der Waals surface area contributed by atoms with Crippen molar-refractivity contribution in [3.63, 3.8) is 0 Å². The molecule has 0 aliphatic rings. The van der Waals surface area contributed by atoms with Crippen LogP contribution in [-0.4, -0.2) is 35.6 Å². The summed E-state index contributed by atoms with van der Waals surface area (Å²) in [5, 5.41) is 13.0. The van der Waals surface area contributed by atoms with E-state index in [4.69, 9.17) is 9.72 Å². The lowest BCUT2D eigenvalue weighted by Crippen LogP contribution is -2.30. The number of hydrogen-bond acceptors (Lipinski definition) is 4. The number of carbonyl (C=O) groups is 2. The van der Waals surface area contributed by atoms with Gasteiger partial charge in [0.25, 0.3) is 5.91 Å². The molecule has 3 aromatic carbocycles. The van der Waals surface area contributed by atoms with Crippen molar-refractivity contribution in [2.24, 2.45) is 0 Å². The highest BCUT2D eigenvalue weighted by Crippen LogP contribution is 2.32. The number of carboxylic acids is 1. The van der Waals surface area contributed by atoms with Crippen LogP contribution in [0.5, 0.6) is 5.75 Å². The third kappa shape index (κ3) is 5.39. The number of ether oxygens (including phenoxy) is 1.